The van der Waals surface area contributed by atoms with Gasteiger partial charge in [0.25, 0.3) is 0 Å². The van der Waals surface area contributed by atoms with E-state index in [4.69, 9.17) is 14.2 Å². The molecule has 0 N–H and O–H groups in total. The minimum Gasteiger partial charge on any atom is -0.462 e. The van der Waals surface area contributed by atoms with Crippen LogP contribution in [0.1, 0.15) is 419 Å². The highest BCUT2D eigenvalue weighted by molar-refractivity contribution is 5.71. The highest BCUT2D eigenvalue weighted by Gasteiger charge is 2.19. The average molecular weight is 1090 g/mol. The van der Waals surface area contributed by atoms with E-state index in [9.17, 15) is 14.4 Å². The van der Waals surface area contributed by atoms with Gasteiger partial charge in [-0.05, 0) is 19.3 Å². The van der Waals surface area contributed by atoms with E-state index < -0.39 is 6.10 Å². The van der Waals surface area contributed by atoms with Gasteiger partial charge in [-0.1, -0.05) is 380 Å². The minimum absolute atomic E-state index is 0.0606. The smallest absolute Gasteiger partial charge is 0.306 e. The second-order valence-electron chi connectivity index (χ2n) is 24.5. The van der Waals surface area contributed by atoms with Crippen molar-refractivity contribution in [3.8, 4) is 0 Å². The van der Waals surface area contributed by atoms with Crippen LogP contribution < -0.4 is 0 Å². The Kier molecular flexibility index (Phi) is 65.5. The first-order valence-corrected chi connectivity index (χ1v) is 35.5. The maximum Gasteiger partial charge on any atom is 0.306 e. The van der Waals surface area contributed by atoms with Gasteiger partial charge in [-0.15, -0.1) is 0 Å². The summed E-state index contributed by atoms with van der Waals surface area (Å²) in [5.41, 5.74) is 0. The summed E-state index contributed by atoms with van der Waals surface area (Å²) >= 11 is 0. The monoisotopic (exact) mass is 1090 g/mol. The third-order valence-corrected chi connectivity index (χ3v) is 16.6. The SMILES string of the molecule is CCCCCCCCCCCCCCCCCCCCCCCCCCCCCCCCC(=O)OCC(COC(=O)CCCCCCCCCCCC)OC(=O)CCCCCCCCCCCCCCCCCCCCC. The van der Waals surface area contributed by atoms with Crippen molar-refractivity contribution in [3.05, 3.63) is 0 Å². The molecule has 0 bridgehead atoms. The van der Waals surface area contributed by atoms with Crippen LogP contribution in [0.25, 0.3) is 0 Å². The lowest BCUT2D eigenvalue weighted by Gasteiger charge is -2.18. The molecule has 0 radical (unpaired) electrons. The van der Waals surface area contributed by atoms with E-state index in [0.717, 1.165) is 57.8 Å². The Hall–Kier alpha value is -1.59. The van der Waals surface area contributed by atoms with Crippen LogP contribution in [0.3, 0.4) is 0 Å². The minimum atomic E-state index is -0.762. The van der Waals surface area contributed by atoms with Gasteiger partial charge in [0.15, 0.2) is 6.10 Å². The van der Waals surface area contributed by atoms with Crippen molar-refractivity contribution in [2.24, 2.45) is 0 Å². The molecule has 77 heavy (non-hydrogen) atoms. The Bertz CT molecular complexity index is 1160. The molecule has 0 aliphatic heterocycles. The fourth-order valence-corrected chi connectivity index (χ4v) is 11.3. The number of hydrogen-bond donors (Lipinski definition) is 0. The number of esters is 3. The third kappa shape index (κ3) is 65.1. The number of hydrogen-bond acceptors (Lipinski definition) is 6. The van der Waals surface area contributed by atoms with Gasteiger partial charge < -0.3 is 14.2 Å². The molecule has 0 rings (SSSR count). The molecule has 0 aromatic heterocycles. The average Bonchev–Trinajstić information content (AvgIpc) is 3.43. The maximum absolute atomic E-state index is 12.9. The van der Waals surface area contributed by atoms with Gasteiger partial charge >= 0.3 is 17.9 Å². The Morgan fingerprint density at radius 2 is 0.351 bits per heavy atom. The highest BCUT2D eigenvalue weighted by Crippen LogP contribution is 2.20. The fraction of sp³-hybridized carbons (Fsp3) is 0.958. The molecule has 0 heterocycles. The second-order valence-corrected chi connectivity index (χ2v) is 24.5. The molecule has 6 nitrogen and oxygen atoms in total. The topological polar surface area (TPSA) is 78.9 Å². The molecule has 0 spiro atoms. The number of ether oxygens (including phenoxy) is 3. The van der Waals surface area contributed by atoms with Crippen LogP contribution in [0.15, 0.2) is 0 Å². The van der Waals surface area contributed by atoms with Crippen molar-refractivity contribution in [3.63, 3.8) is 0 Å². The summed E-state index contributed by atoms with van der Waals surface area (Å²) in [6, 6.07) is 0. The third-order valence-electron chi connectivity index (χ3n) is 16.6. The molecule has 6 heteroatoms. The van der Waals surface area contributed by atoms with Crippen LogP contribution in [0.5, 0.6) is 0 Å². The normalized spacial score (nSPS) is 11.9. The predicted octanol–water partition coefficient (Wildman–Crippen LogP) is 24.2. The largest absolute Gasteiger partial charge is 0.462 e. The molecule has 0 aromatic carbocycles. The van der Waals surface area contributed by atoms with Crippen LogP contribution in [0.4, 0.5) is 0 Å². The van der Waals surface area contributed by atoms with E-state index in [1.54, 1.807) is 0 Å². The van der Waals surface area contributed by atoms with Gasteiger partial charge in [-0.25, -0.2) is 0 Å². The molecule has 1 atom stereocenters. The Morgan fingerprint density at radius 1 is 0.208 bits per heavy atom. The molecule has 0 aliphatic rings. The number of rotatable bonds is 67. The standard InChI is InChI=1S/C71H138O6/c1-4-7-10-13-16-19-22-24-26-28-30-31-32-33-34-35-36-37-38-39-40-42-43-45-47-49-52-55-58-61-64-70(73)76-67-68(66-75-69(72)63-60-57-54-51-21-18-15-12-9-6-3)77-71(74)65-62-59-56-53-50-48-46-44-41-29-27-25-23-20-17-14-11-8-5-2/h68H,4-67H2,1-3H3. The summed E-state index contributed by atoms with van der Waals surface area (Å²) in [4.78, 5) is 38.3. The molecule has 0 aromatic rings. The first-order valence-electron chi connectivity index (χ1n) is 35.5. The van der Waals surface area contributed by atoms with Crippen LogP contribution in [-0.4, -0.2) is 37.2 Å². The van der Waals surface area contributed by atoms with Crippen molar-refractivity contribution in [2.75, 3.05) is 13.2 Å². The zero-order valence-corrected chi connectivity index (χ0v) is 52.8. The van der Waals surface area contributed by atoms with Gasteiger partial charge in [0.05, 0.1) is 0 Å². The number of carbonyl (C=O) groups is 3. The quantitative estimate of drug-likeness (QED) is 0.0343. The van der Waals surface area contributed by atoms with Gasteiger partial charge in [-0.2, -0.15) is 0 Å². The lowest BCUT2D eigenvalue weighted by atomic mass is 10.0. The molecule has 1 unspecified atom stereocenters. The molecule has 458 valence electrons. The van der Waals surface area contributed by atoms with Crippen LogP contribution in [0, 0.1) is 0 Å². The predicted molar refractivity (Wildman–Crippen MR) is 335 cm³/mol. The van der Waals surface area contributed by atoms with Crippen molar-refractivity contribution < 1.29 is 28.6 Å². The molecular formula is C71H138O6. The fourth-order valence-electron chi connectivity index (χ4n) is 11.3. The van der Waals surface area contributed by atoms with Crippen LogP contribution >= 0.6 is 0 Å². The van der Waals surface area contributed by atoms with E-state index >= 15 is 0 Å². The molecule has 0 fully saturated rings. The Balaban J connectivity index is 4.05. The molecular weight excluding hydrogens is 949 g/mol. The van der Waals surface area contributed by atoms with E-state index in [-0.39, 0.29) is 31.1 Å². The van der Waals surface area contributed by atoms with Gasteiger partial charge in [-0.3, -0.25) is 14.4 Å². The van der Waals surface area contributed by atoms with Crippen LogP contribution in [-0.2, 0) is 28.6 Å². The van der Waals surface area contributed by atoms with Crippen molar-refractivity contribution in [1.29, 1.82) is 0 Å². The lowest BCUT2D eigenvalue weighted by Crippen LogP contribution is -2.30. The van der Waals surface area contributed by atoms with Gasteiger partial charge in [0, 0.05) is 19.3 Å². The van der Waals surface area contributed by atoms with Crippen molar-refractivity contribution in [1.82, 2.24) is 0 Å². The van der Waals surface area contributed by atoms with E-state index in [2.05, 4.69) is 20.8 Å². The Morgan fingerprint density at radius 3 is 0.519 bits per heavy atom. The lowest BCUT2D eigenvalue weighted by molar-refractivity contribution is -0.167. The van der Waals surface area contributed by atoms with Crippen molar-refractivity contribution in [2.45, 2.75) is 425 Å². The molecule has 0 saturated carbocycles. The summed E-state index contributed by atoms with van der Waals surface area (Å²) in [7, 11) is 0. The first-order chi connectivity index (χ1) is 38.0. The summed E-state index contributed by atoms with van der Waals surface area (Å²) in [5, 5.41) is 0. The maximum atomic E-state index is 12.9. The highest BCUT2D eigenvalue weighted by atomic mass is 16.6. The second kappa shape index (κ2) is 66.9. The van der Waals surface area contributed by atoms with Gasteiger partial charge in [0.2, 0.25) is 0 Å². The first kappa shape index (κ1) is 75.4. The summed E-state index contributed by atoms with van der Waals surface area (Å²) in [5.74, 6) is -0.825. The summed E-state index contributed by atoms with van der Waals surface area (Å²) < 4.78 is 17.0. The molecule has 0 aliphatic carbocycles. The number of unbranched alkanes of at least 4 members (excludes halogenated alkanes) is 56. The van der Waals surface area contributed by atoms with Gasteiger partial charge in [0.1, 0.15) is 13.2 Å². The number of carbonyl (C=O) groups excluding carboxylic acids is 3. The van der Waals surface area contributed by atoms with E-state index in [0.29, 0.717) is 19.3 Å². The van der Waals surface area contributed by atoms with Crippen molar-refractivity contribution >= 4 is 17.9 Å². The zero-order chi connectivity index (χ0) is 55.7. The summed E-state index contributed by atoms with van der Waals surface area (Å²) in [6.07, 6.45) is 78.7. The van der Waals surface area contributed by atoms with Crippen LogP contribution in [0.2, 0.25) is 0 Å². The summed E-state index contributed by atoms with van der Waals surface area (Å²) in [6.45, 7) is 6.72. The Labute approximate surface area is 482 Å². The zero-order valence-electron chi connectivity index (χ0n) is 52.8. The van der Waals surface area contributed by atoms with E-state index in [1.165, 1.54) is 321 Å². The molecule has 0 saturated heterocycles. The van der Waals surface area contributed by atoms with E-state index in [1.807, 2.05) is 0 Å². The molecule has 0 amide bonds.